The van der Waals surface area contributed by atoms with Crippen molar-refractivity contribution in [2.24, 2.45) is 7.05 Å². The molecule has 190 valence electrons. The topological polar surface area (TPSA) is 147 Å². The lowest BCUT2D eigenvalue weighted by atomic mass is 10.1. The molecule has 1 N–H and O–H groups in total. The molecule has 0 saturated carbocycles. The molecule has 13 heteroatoms. The smallest absolute Gasteiger partial charge is 0.407 e. The number of rotatable bonds is 8. The number of nitrogens with zero attached hydrogens (tertiary/aromatic N) is 5. The Kier molecular flexibility index (Phi) is 7.48. The first-order valence-electron chi connectivity index (χ1n) is 10.9. The first-order chi connectivity index (χ1) is 16.2. The van der Waals surface area contributed by atoms with Gasteiger partial charge in [-0.05, 0) is 33.6 Å². The van der Waals surface area contributed by atoms with Gasteiger partial charge in [0.05, 0.1) is 29.8 Å². The highest BCUT2D eigenvalue weighted by molar-refractivity contribution is 7.90. The van der Waals surface area contributed by atoms with Gasteiger partial charge in [0.2, 0.25) is 0 Å². The van der Waals surface area contributed by atoms with Crippen LogP contribution in [0.4, 0.5) is 4.79 Å². The number of aromatic nitrogens is 5. The Bertz CT molecular complexity index is 1340. The van der Waals surface area contributed by atoms with Crippen LogP contribution >= 0.6 is 0 Å². The summed E-state index contributed by atoms with van der Waals surface area (Å²) in [5, 5.41) is 6.72. The van der Waals surface area contributed by atoms with Gasteiger partial charge >= 0.3 is 12.1 Å². The predicted molar refractivity (Wildman–Crippen MR) is 126 cm³/mol. The van der Waals surface area contributed by atoms with Crippen molar-refractivity contribution in [1.29, 1.82) is 0 Å². The minimum absolute atomic E-state index is 0.0677. The van der Waals surface area contributed by atoms with Gasteiger partial charge in [-0.3, -0.25) is 13.9 Å². The molecule has 0 aliphatic carbocycles. The molecule has 3 aromatic rings. The molecule has 3 heterocycles. The molecule has 1 unspecified atom stereocenters. The molecule has 0 spiro atoms. The molecule has 1 amide bonds. The van der Waals surface area contributed by atoms with Crippen LogP contribution in [0, 0.1) is 0 Å². The Morgan fingerprint density at radius 1 is 1.20 bits per heavy atom. The van der Waals surface area contributed by atoms with E-state index >= 15 is 0 Å². The average molecular weight is 507 g/mol. The highest BCUT2D eigenvalue weighted by Crippen LogP contribution is 2.24. The van der Waals surface area contributed by atoms with Crippen LogP contribution in [0.5, 0.6) is 0 Å². The lowest BCUT2D eigenvalue weighted by molar-refractivity contribution is -0.141. The first-order valence-corrected chi connectivity index (χ1v) is 12.8. The Balaban J connectivity index is 1.91. The van der Waals surface area contributed by atoms with Gasteiger partial charge in [-0.25, -0.2) is 23.2 Å². The van der Waals surface area contributed by atoms with Gasteiger partial charge in [-0.2, -0.15) is 5.10 Å². The number of esters is 1. The Morgan fingerprint density at radius 2 is 1.91 bits per heavy atom. The SMILES string of the molecule is CC(=O)OCC(CCc1cn2c(-c3cnn(C)c3)cnc2c(S(C)(=O)=O)n1)NC(=O)OC(C)(C)C. The van der Waals surface area contributed by atoms with E-state index in [0.29, 0.717) is 17.8 Å². The third-order valence-corrected chi connectivity index (χ3v) is 5.80. The third kappa shape index (κ3) is 7.01. The second-order valence-corrected chi connectivity index (χ2v) is 11.2. The Hall–Kier alpha value is -3.48. The fourth-order valence-corrected chi connectivity index (χ4v) is 4.12. The molecule has 0 bridgehead atoms. The Morgan fingerprint density at radius 3 is 2.49 bits per heavy atom. The van der Waals surface area contributed by atoms with Crippen LogP contribution in [-0.2, 0) is 37.6 Å². The van der Waals surface area contributed by atoms with Gasteiger partial charge in [-0.15, -0.1) is 0 Å². The number of hydrogen-bond donors (Lipinski definition) is 1. The zero-order valence-corrected chi connectivity index (χ0v) is 21.4. The standard InChI is InChI=1S/C22H30N6O6S/c1-14(29)33-13-17(26-21(30)34-22(2,3)4)8-7-16-12-28-18(15-9-24-27(5)11-15)10-23-19(28)20(25-16)35(6,31)32/h9-12,17H,7-8,13H2,1-6H3,(H,26,30). The van der Waals surface area contributed by atoms with E-state index in [1.165, 1.54) is 6.92 Å². The van der Waals surface area contributed by atoms with Gasteiger partial charge in [-0.1, -0.05) is 0 Å². The van der Waals surface area contributed by atoms with E-state index in [-0.39, 0.29) is 23.7 Å². The van der Waals surface area contributed by atoms with Crippen LogP contribution in [0.2, 0.25) is 0 Å². The zero-order chi connectivity index (χ0) is 26.0. The largest absolute Gasteiger partial charge is 0.464 e. The normalized spacial score (nSPS) is 13.0. The average Bonchev–Trinajstić information content (AvgIpc) is 3.32. The summed E-state index contributed by atoms with van der Waals surface area (Å²) in [4.78, 5) is 32.2. The van der Waals surface area contributed by atoms with Gasteiger partial charge in [0, 0.05) is 38.2 Å². The first kappa shape index (κ1) is 26.1. The molecule has 1 atom stereocenters. The summed E-state index contributed by atoms with van der Waals surface area (Å²) < 4.78 is 38.6. The maximum Gasteiger partial charge on any atom is 0.407 e. The summed E-state index contributed by atoms with van der Waals surface area (Å²) in [6.07, 6.45) is 7.74. The maximum atomic E-state index is 12.5. The minimum Gasteiger partial charge on any atom is -0.464 e. The van der Waals surface area contributed by atoms with Crippen molar-refractivity contribution in [2.45, 2.75) is 57.2 Å². The molecule has 0 saturated heterocycles. The van der Waals surface area contributed by atoms with Crippen molar-refractivity contribution in [1.82, 2.24) is 29.5 Å². The number of nitrogens with one attached hydrogen (secondary N) is 1. The van der Waals surface area contributed by atoms with Gasteiger partial charge in [0.15, 0.2) is 20.5 Å². The van der Waals surface area contributed by atoms with E-state index in [4.69, 9.17) is 9.47 Å². The van der Waals surface area contributed by atoms with Crippen LogP contribution < -0.4 is 5.32 Å². The highest BCUT2D eigenvalue weighted by atomic mass is 32.2. The third-order valence-electron chi connectivity index (χ3n) is 4.82. The summed E-state index contributed by atoms with van der Waals surface area (Å²) >= 11 is 0. The minimum atomic E-state index is -3.69. The second kappa shape index (κ2) is 10.0. The van der Waals surface area contributed by atoms with Crippen LogP contribution in [0.25, 0.3) is 16.9 Å². The zero-order valence-electron chi connectivity index (χ0n) is 20.6. The molecule has 3 aromatic heterocycles. The second-order valence-electron chi connectivity index (χ2n) is 9.23. The van der Waals surface area contributed by atoms with Crippen LogP contribution in [0.3, 0.4) is 0 Å². The number of aryl methyl sites for hydroxylation is 2. The number of imidazole rings is 1. The molecule has 0 aliphatic rings. The molecule has 0 radical (unpaired) electrons. The highest BCUT2D eigenvalue weighted by Gasteiger charge is 2.23. The summed E-state index contributed by atoms with van der Waals surface area (Å²) in [5.74, 6) is -0.487. The number of amides is 1. The molecule has 3 rings (SSSR count). The number of fused-ring (bicyclic) bond motifs is 1. The maximum absolute atomic E-state index is 12.5. The fourth-order valence-electron chi connectivity index (χ4n) is 3.36. The van der Waals surface area contributed by atoms with E-state index < -0.39 is 33.5 Å². The molecule has 0 aliphatic heterocycles. The van der Waals surface area contributed by atoms with Crippen LogP contribution in [0.15, 0.2) is 29.8 Å². The number of carbonyl (C=O) groups excluding carboxylic acids is 2. The summed E-state index contributed by atoms with van der Waals surface area (Å²) in [7, 11) is -1.91. The van der Waals surface area contributed by atoms with Crippen molar-refractivity contribution in [2.75, 3.05) is 12.9 Å². The van der Waals surface area contributed by atoms with Crippen molar-refractivity contribution in [3.63, 3.8) is 0 Å². The van der Waals surface area contributed by atoms with Crippen molar-refractivity contribution in [3.8, 4) is 11.3 Å². The van der Waals surface area contributed by atoms with E-state index in [9.17, 15) is 18.0 Å². The molecule has 0 aromatic carbocycles. The van der Waals surface area contributed by atoms with Gasteiger partial charge in [0.25, 0.3) is 0 Å². The van der Waals surface area contributed by atoms with E-state index in [1.807, 2.05) is 0 Å². The lowest BCUT2D eigenvalue weighted by Gasteiger charge is -2.23. The number of sulfone groups is 1. The summed E-state index contributed by atoms with van der Waals surface area (Å²) in [6, 6.07) is -0.575. The summed E-state index contributed by atoms with van der Waals surface area (Å²) in [5.41, 5.74) is 1.39. The van der Waals surface area contributed by atoms with Crippen LogP contribution in [0.1, 0.15) is 39.8 Å². The molecular formula is C22H30N6O6S. The molecule has 35 heavy (non-hydrogen) atoms. The molecule has 12 nitrogen and oxygen atoms in total. The van der Waals surface area contributed by atoms with Crippen molar-refractivity contribution in [3.05, 3.63) is 30.5 Å². The van der Waals surface area contributed by atoms with Crippen molar-refractivity contribution < 1.29 is 27.5 Å². The quantitative estimate of drug-likeness (QED) is 0.453. The fraction of sp³-hybridized carbons (Fsp3) is 0.500. The molecular weight excluding hydrogens is 476 g/mol. The predicted octanol–water partition coefficient (Wildman–Crippen LogP) is 1.92. The van der Waals surface area contributed by atoms with E-state index in [1.54, 1.807) is 61.7 Å². The summed E-state index contributed by atoms with van der Waals surface area (Å²) in [6.45, 7) is 6.43. The monoisotopic (exact) mass is 506 g/mol. The van der Waals surface area contributed by atoms with Crippen LogP contribution in [-0.4, -0.2) is 69.1 Å². The number of ether oxygens (including phenoxy) is 2. The van der Waals surface area contributed by atoms with E-state index in [2.05, 4.69) is 20.4 Å². The van der Waals surface area contributed by atoms with Gasteiger partial charge in [0.1, 0.15) is 12.2 Å². The molecule has 0 fully saturated rings. The van der Waals surface area contributed by atoms with E-state index in [0.717, 1.165) is 11.8 Å². The Labute approximate surface area is 203 Å². The number of alkyl carbamates (subject to hydrolysis) is 1. The van der Waals surface area contributed by atoms with Crippen molar-refractivity contribution >= 4 is 27.5 Å². The van der Waals surface area contributed by atoms with Gasteiger partial charge < -0.3 is 14.8 Å². The number of carbonyl (C=O) groups is 2. The lowest BCUT2D eigenvalue weighted by Crippen LogP contribution is -2.42. The number of hydrogen-bond acceptors (Lipinski definition) is 9.